The van der Waals surface area contributed by atoms with Gasteiger partial charge in [-0.15, -0.1) is 0 Å². The van der Waals surface area contributed by atoms with Crippen LogP contribution in [-0.2, 0) is 21.2 Å². The van der Waals surface area contributed by atoms with Crippen LogP contribution in [0, 0.1) is 0 Å². The van der Waals surface area contributed by atoms with Gasteiger partial charge in [-0.05, 0) is 24.6 Å². The molecule has 1 aliphatic heterocycles. The third-order valence-electron chi connectivity index (χ3n) is 4.03. The Morgan fingerprint density at radius 2 is 1.96 bits per heavy atom. The predicted molar refractivity (Wildman–Crippen MR) is 93.2 cm³/mol. The lowest BCUT2D eigenvalue weighted by Crippen LogP contribution is -2.43. The van der Waals surface area contributed by atoms with Crippen LogP contribution in [0.2, 0.25) is 0 Å². The molecule has 24 heavy (non-hydrogen) atoms. The summed E-state index contributed by atoms with van der Waals surface area (Å²) in [5, 5.41) is 2.39. The molecule has 0 unspecified atom stereocenters. The van der Waals surface area contributed by atoms with Gasteiger partial charge in [-0.3, -0.25) is 0 Å². The van der Waals surface area contributed by atoms with Crippen molar-refractivity contribution in [3.8, 4) is 0 Å². The van der Waals surface area contributed by atoms with Crippen LogP contribution in [0.15, 0.2) is 42.6 Å². The first-order valence-electron chi connectivity index (χ1n) is 8.02. The number of rotatable bonds is 6. The van der Waals surface area contributed by atoms with E-state index in [9.17, 15) is 13.2 Å². The number of hydrogen-bond donors (Lipinski definition) is 1. The zero-order valence-corrected chi connectivity index (χ0v) is 14.7. The number of nitrogens with one attached hydrogen (secondary N) is 1. The molecule has 0 aromatic heterocycles. The smallest absolute Gasteiger partial charge is 0.410 e. The van der Waals surface area contributed by atoms with Gasteiger partial charge in [0.05, 0.1) is 11.0 Å². The number of ether oxygens (including phenoxy) is 1. The topological polar surface area (TPSA) is 75.7 Å². The van der Waals surface area contributed by atoms with E-state index in [0.29, 0.717) is 25.9 Å². The quantitative estimate of drug-likeness (QED) is 0.847. The zero-order chi connectivity index (χ0) is 17.4. The SMILES string of the molecule is CNC=CCS(=O)(=O)C1CCN(C(=O)OCc2ccccc2)CC1. The van der Waals surface area contributed by atoms with E-state index in [2.05, 4.69) is 5.32 Å². The van der Waals surface area contributed by atoms with Crippen molar-refractivity contribution in [1.29, 1.82) is 0 Å². The van der Waals surface area contributed by atoms with Gasteiger partial charge in [0.25, 0.3) is 0 Å². The summed E-state index contributed by atoms with van der Waals surface area (Å²) in [7, 11) is -1.44. The largest absolute Gasteiger partial charge is 0.445 e. The maximum Gasteiger partial charge on any atom is 0.410 e. The molecule has 0 spiro atoms. The highest BCUT2D eigenvalue weighted by atomic mass is 32.2. The number of benzene rings is 1. The van der Waals surface area contributed by atoms with Gasteiger partial charge in [0, 0.05) is 20.1 Å². The second-order valence-corrected chi connectivity index (χ2v) is 8.07. The molecule has 0 atom stereocenters. The molecule has 1 aromatic carbocycles. The lowest BCUT2D eigenvalue weighted by atomic mass is 10.1. The van der Waals surface area contributed by atoms with Gasteiger partial charge < -0.3 is 15.0 Å². The van der Waals surface area contributed by atoms with E-state index >= 15 is 0 Å². The van der Waals surface area contributed by atoms with Crippen molar-refractivity contribution < 1.29 is 17.9 Å². The van der Waals surface area contributed by atoms with Crippen molar-refractivity contribution in [1.82, 2.24) is 10.2 Å². The highest BCUT2D eigenvalue weighted by molar-refractivity contribution is 7.92. The molecule has 1 fully saturated rings. The standard InChI is InChI=1S/C17H24N2O4S/c1-18-10-5-13-24(21,22)16-8-11-19(12-9-16)17(20)23-14-15-6-3-2-4-7-15/h2-7,10,16,18H,8-9,11-14H2,1H3. The molecule has 1 heterocycles. The average Bonchev–Trinajstić information content (AvgIpc) is 2.61. The van der Waals surface area contributed by atoms with Crippen molar-refractivity contribution in [3.05, 3.63) is 48.2 Å². The van der Waals surface area contributed by atoms with Crippen LogP contribution in [0.5, 0.6) is 0 Å². The number of hydrogen-bond acceptors (Lipinski definition) is 5. The normalized spacial score (nSPS) is 16.3. The van der Waals surface area contributed by atoms with Crippen molar-refractivity contribution in [2.45, 2.75) is 24.7 Å². The number of nitrogens with zero attached hydrogens (tertiary/aromatic N) is 1. The molecule has 1 aliphatic rings. The Labute approximate surface area is 143 Å². The summed E-state index contributed by atoms with van der Waals surface area (Å²) in [6.07, 6.45) is 3.75. The third kappa shape index (κ3) is 5.26. The van der Waals surface area contributed by atoms with Crippen LogP contribution in [0.1, 0.15) is 18.4 Å². The van der Waals surface area contributed by atoms with Gasteiger partial charge in [0.2, 0.25) is 0 Å². The highest BCUT2D eigenvalue weighted by Crippen LogP contribution is 2.19. The summed E-state index contributed by atoms with van der Waals surface area (Å²) in [5.74, 6) is 0.0248. The van der Waals surface area contributed by atoms with Crippen LogP contribution >= 0.6 is 0 Å². The molecule has 1 amide bonds. The molecule has 7 heteroatoms. The van der Waals surface area contributed by atoms with Crippen molar-refractivity contribution >= 4 is 15.9 Å². The van der Waals surface area contributed by atoms with Gasteiger partial charge in [0.1, 0.15) is 6.61 Å². The van der Waals surface area contributed by atoms with E-state index < -0.39 is 15.1 Å². The van der Waals surface area contributed by atoms with E-state index in [1.165, 1.54) is 0 Å². The molecule has 0 bridgehead atoms. The van der Waals surface area contributed by atoms with Gasteiger partial charge in [-0.25, -0.2) is 13.2 Å². The van der Waals surface area contributed by atoms with Gasteiger partial charge in [0.15, 0.2) is 9.84 Å². The summed E-state index contributed by atoms with van der Waals surface area (Å²) < 4.78 is 29.8. The number of carbonyl (C=O) groups is 1. The maximum atomic E-state index is 12.2. The number of piperidine rings is 1. The summed E-state index contributed by atoms with van der Waals surface area (Å²) in [6.45, 7) is 1.05. The second-order valence-electron chi connectivity index (χ2n) is 5.75. The van der Waals surface area contributed by atoms with Crippen molar-refractivity contribution in [3.63, 3.8) is 0 Å². The average molecular weight is 352 g/mol. The van der Waals surface area contributed by atoms with E-state index in [1.807, 2.05) is 30.3 Å². The minimum atomic E-state index is -3.17. The molecule has 0 aliphatic carbocycles. The molecule has 0 radical (unpaired) electrons. The lowest BCUT2D eigenvalue weighted by Gasteiger charge is -2.30. The van der Waals surface area contributed by atoms with Crippen LogP contribution in [-0.4, -0.2) is 50.6 Å². The Bertz CT molecular complexity index is 650. The molecule has 1 saturated heterocycles. The fraction of sp³-hybridized carbons (Fsp3) is 0.471. The monoisotopic (exact) mass is 352 g/mol. The van der Waals surface area contributed by atoms with Gasteiger partial charge >= 0.3 is 6.09 Å². The minimum Gasteiger partial charge on any atom is -0.445 e. The van der Waals surface area contributed by atoms with Crippen LogP contribution in [0.4, 0.5) is 4.79 Å². The molecule has 6 nitrogen and oxygen atoms in total. The summed E-state index contributed by atoms with van der Waals surface area (Å²) in [6, 6.07) is 9.47. The van der Waals surface area contributed by atoms with Crippen LogP contribution in [0.3, 0.4) is 0 Å². The van der Waals surface area contributed by atoms with Crippen LogP contribution in [0.25, 0.3) is 0 Å². The first-order valence-corrected chi connectivity index (χ1v) is 9.74. The fourth-order valence-corrected chi connectivity index (χ4v) is 4.21. The highest BCUT2D eigenvalue weighted by Gasteiger charge is 2.31. The minimum absolute atomic E-state index is 0.0248. The number of amides is 1. The predicted octanol–water partition coefficient (Wildman–Crippen LogP) is 1.94. The summed E-state index contributed by atoms with van der Waals surface area (Å²) in [5.41, 5.74) is 0.930. The number of likely N-dealkylation sites (tertiary alicyclic amines) is 1. The first kappa shape index (κ1) is 18.3. The van der Waals surface area contributed by atoms with Gasteiger partial charge in [-0.1, -0.05) is 36.4 Å². The second kappa shape index (κ2) is 8.73. The maximum absolute atomic E-state index is 12.2. The Morgan fingerprint density at radius 3 is 2.58 bits per heavy atom. The van der Waals surface area contributed by atoms with Crippen molar-refractivity contribution in [2.24, 2.45) is 0 Å². The molecular formula is C17H24N2O4S. The molecule has 0 saturated carbocycles. The van der Waals surface area contributed by atoms with E-state index in [4.69, 9.17) is 4.74 Å². The molecular weight excluding hydrogens is 328 g/mol. The Kier molecular flexibility index (Phi) is 6.66. The van der Waals surface area contributed by atoms with Crippen molar-refractivity contribution in [2.75, 3.05) is 25.9 Å². The Morgan fingerprint density at radius 1 is 1.29 bits per heavy atom. The fourth-order valence-electron chi connectivity index (χ4n) is 2.64. The van der Waals surface area contributed by atoms with Crippen LogP contribution < -0.4 is 5.32 Å². The zero-order valence-electron chi connectivity index (χ0n) is 13.8. The third-order valence-corrected chi connectivity index (χ3v) is 6.17. The molecule has 1 aromatic rings. The number of sulfone groups is 1. The summed E-state index contributed by atoms with van der Waals surface area (Å²) in [4.78, 5) is 13.7. The molecule has 1 N–H and O–H groups in total. The number of carbonyl (C=O) groups excluding carboxylic acids is 1. The van der Waals surface area contributed by atoms with Gasteiger partial charge in [-0.2, -0.15) is 0 Å². The van der Waals surface area contributed by atoms with E-state index in [-0.39, 0.29) is 18.5 Å². The molecule has 132 valence electrons. The Hall–Kier alpha value is -2.02. The lowest BCUT2D eigenvalue weighted by molar-refractivity contribution is 0.0897. The molecule has 2 rings (SSSR count). The Balaban J connectivity index is 1.79. The first-order chi connectivity index (χ1) is 11.5. The summed E-state index contributed by atoms with van der Waals surface area (Å²) >= 11 is 0. The van der Waals surface area contributed by atoms with E-state index in [0.717, 1.165) is 5.56 Å². The van der Waals surface area contributed by atoms with E-state index in [1.54, 1.807) is 24.2 Å².